The van der Waals surface area contributed by atoms with E-state index in [1.807, 2.05) is 6.92 Å². The quantitative estimate of drug-likeness (QED) is 0.604. The smallest absolute Gasteiger partial charge is 0.306 e. The van der Waals surface area contributed by atoms with Crippen LogP contribution >= 0.6 is 0 Å². The van der Waals surface area contributed by atoms with Crippen LogP contribution in [-0.2, 0) is 9.53 Å². The molecule has 0 spiro atoms. The fraction of sp³-hybridized carbons (Fsp3) is 0.300. The number of rotatable bonds is 7. The van der Waals surface area contributed by atoms with Crippen molar-refractivity contribution in [2.45, 2.75) is 26.2 Å². The molecule has 0 fully saturated rings. The number of esters is 1. The van der Waals surface area contributed by atoms with Gasteiger partial charge in [0.2, 0.25) is 11.2 Å². The van der Waals surface area contributed by atoms with Gasteiger partial charge in [0.1, 0.15) is 18.1 Å². The Balaban J connectivity index is 2.41. The van der Waals surface area contributed by atoms with Crippen molar-refractivity contribution in [2.24, 2.45) is 0 Å². The molecule has 0 saturated heterocycles. The summed E-state index contributed by atoms with van der Waals surface area (Å²) in [4.78, 5) is 23.7. The number of hydrogen-bond donors (Lipinski definition) is 1. The van der Waals surface area contributed by atoms with Gasteiger partial charge in [-0.05, 0) is 37.1 Å². The number of methoxy groups -OCH3 is 1. The average molecular weight is 358 g/mol. The van der Waals surface area contributed by atoms with Crippen LogP contribution in [0.4, 0.5) is 0 Å². The Bertz CT molecular complexity index is 848. The van der Waals surface area contributed by atoms with Crippen molar-refractivity contribution in [1.29, 1.82) is 0 Å². The lowest BCUT2D eigenvalue weighted by Gasteiger charge is -2.17. The highest BCUT2D eigenvalue weighted by molar-refractivity contribution is 5.71. The summed E-state index contributed by atoms with van der Waals surface area (Å²) in [6.07, 6.45) is -0.0809. The van der Waals surface area contributed by atoms with E-state index in [-0.39, 0.29) is 12.2 Å². The molecule has 1 aromatic heterocycles. The molecule has 1 aromatic carbocycles. The summed E-state index contributed by atoms with van der Waals surface area (Å²) in [6.45, 7) is 7.65. The van der Waals surface area contributed by atoms with Gasteiger partial charge in [-0.2, -0.15) is 0 Å². The maximum absolute atomic E-state index is 11.9. The second-order valence-corrected chi connectivity index (χ2v) is 6.08. The van der Waals surface area contributed by atoms with E-state index in [0.29, 0.717) is 23.7 Å². The first-order valence-corrected chi connectivity index (χ1v) is 8.09. The number of benzene rings is 1. The molecule has 0 saturated carbocycles. The van der Waals surface area contributed by atoms with Crippen LogP contribution in [0.5, 0.6) is 11.5 Å². The highest BCUT2D eigenvalue weighted by Gasteiger charge is 2.26. The highest BCUT2D eigenvalue weighted by Crippen LogP contribution is 2.34. The van der Waals surface area contributed by atoms with Gasteiger partial charge in [-0.25, -0.2) is 0 Å². The Hall–Kier alpha value is -3.02. The molecule has 26 heavy (non-hydrogen) atoms. The molecule has 6 nitrogen and oxygen atoms in total. The molecule has 1 heterocycles. The van der Waals surface area contributed by atoms with E-state index in [1.165, 1.54) is 13.2 Å². The SMILES string of the molecule is C=C(C)COc1ccc([C@H](CC(=O)OC)c2oc(C)cc(=O)c2O)cc1. The Morgan fingerprint density at radius 1 is 1.31 bits per heavy atom. The number of ether oxygens (including phenoxy) is 2. The Morgan fingerprint density at radius 2 is 1.96 bits per heavy atom. The van der Waals surface area contributed by atoms with Crippen LogP contribution in [-0.4, -0.2) is 24.8 Å². The molecule has 0 aliphatic rings. The lowest BCUT2D eigenvalue weighted by molar-refractivity contribution is -0.140. The first kappa shape index (κ1) is 19.3. The zero-order valence-corrected chi connectivity index (χ0v) is 15.1. The van der Waals surface area contributed by atoms with Crippen LogP contribution in [0.2, 0.25) is 0 Å². The van der Waals surface area contributed by atoms with Gasteiger partial charge in [-0.15, -0.1) is 0 Å². The second-order valence-electron chi connectivity index (χ2n) is 6.08. The van der Waals surface area contributed by atoms with E-state index in [4.69, 9.17) is 13.9 Å². The molecule has 2 rings (SSSR count). The highest BCUT2D eigenvalue weighted by atomic mass is 16.5. The third-order valence-corrected chi connectivity index (χ3v) is 3.75. The minimum absolute atomic E-state index is 0.0380. The van der Waals surface area contributed by atoms with Crippen molar-refractivity contribution in [3.63, 3.8) is 0 Å². The number of hydrogen-bond acceptors (Lipinski definition) is 6. The third-order valence-electron chi connectivity index (χ3n) is 3.75. The minimum Gasteiger partial charge on any atom is -0.502 e. The first-order chi connectivity index (χ1) is 12.3. The van der Waals surface area contributed by atoms with Crippen molar-refractivity contribution in [2.75, 3.05) is 13.7 Å². The number of aryl methyl sites for hydroxylation is 1. The van der Waals surface area contributed by atoms with Crippen molar-refractivity contribution in [3.05, 3.63) is 69.8 Å². The maximum atomic E-state index is 11.9. The van der Waals surface area contributed by atoms with E-state index in [0.717, 1.165) is 5.57 Å². The van der Waals surface area contributed by atoms with Crippen molar-refractivity contribution < 1.29 is 23.8 Å². The van der Waals surface area contributed by atoms with Crippen LogP contribution in [0.25, 0.3) is 0 Å². The van der Waals surface area contributed by atoms with Crippen LogP contribution in [0.15, 0.2) is 51.7 Å². The minimum atomic E-state index is -0.662. The number of carbonyl (C=O) groups is 1. The molecule has 6 heteroatoms. The van der Waals surface area contributed by atoms with E-state index < -0.39 is 23.1 Å². The van der Waals surface area contributed by atoms with Crippen LogP contribution in [0.3, 0.4) is 0 Å². The fourth-order valence-corrected chi connectivity index (χ4v) is 2.48. The predicted molar refractivity (Wildman–Crippen MR) is 96.6 cm³/mol. The van der Waals surface area contributed by atoms with Crippen LogP contribution < -0.4 is 10.2 Å². The summed E-state index contributed by atoms with van der Waals surface area (Å²) in [5, 5.41) is 10.1. The molecule has 0 radical (unpaired) electrons. The predicted octanol–water partition coefficient (Wildman–Crippen LogP) is 3.30. The molecule has 1 atom stereocenters. The fourth-order valence-electron chi connectivity index (χ4n) is 2.48. The van der Waals surface area contributed by atoms with Crippen LogP contribution in [0, 0.1) is 6.92 Å². The van der Waals surface area contributed by atoms with E-state index in [9.17, 15) is 14.7 Å². The zero-order valence-electron chi connectivity index (χ0n) is 15.1. The molecular weight excluding hydrogens is 336 g/mol. The molecule has 0 amide bonds. The molecule has 2 aromatic rings. The summed E-state index contributed by atoms with van der Waals surface area (Å²) >= 11 is 0. The molecule has 0 bridgehead atoms. The van der Waals surface area contributed by atoms with Gasteiger partial charge in [0, 0.05) is 6.07 Å². The normalized spacial score (nSPS) is 11.7. The Labute approximate surface area is 151 Å². The molecule has 0 aliphatic heterocycles. The average Bonchev–Trinajstić information content (AvgIpc) is 2.61. The van der Waals surface area contributed by atoms with Gasteiger partial charge in [0.25, 0.3) is 0 Å². The Morgan fingerprint density at radius 3 is 2.54 bits per heavy atom. The van der Waals surface area contributed by atoms with Crippen molar-refractivity contribution >= 4 is 5.97 Å². The molecule has 1 N–H and O–H groups in total. The van der Waals surface area contributed by atoms with Gasteiger partial charge >= 0.3 is 5.97 Å². The maximum Gasteiger partial charge on any atom is 0.306 e. The summed E-state index contributed by atoms with van der Waals surface area (Å²) in [5.74, 6) is -0.628. The van der Waals surface area contributed by atoms with Gasteiger partial charge < -0.3 is 19.0 Å². The van der Waals surface area contributed by atoms with E-state index >= 15 is 0 Å². The van der Waals surface area contributed by atoms with Gasteiger partial charge in [-0.1, -0.05) is 18.7 Å². The number of aromatic hydroxyl groups is 1. The molecular formula is C20H22O6. The first-order valence-electron chi connectivity index (χ1n) is 8.09. The largest absolute Gasteiger partial charge is 0.502 e. The van der Waals surface area contributed by atoms with Gasteiger partial charge in [-0.3, -0.25) is 9.59 Å². The Kier molecular flexibility index (Phi) is 6.22. The van der Waals surface area contributed by atoms with Gasteiger partial charge in [0.15, 0.2) is 5.76 Å². The second kappa shape index (κ2) is 8.38. The number of carbonyl (C=O) groups excluding carboxylic acids is 1. The topological polar surface area (TPSA) is 86.0 Å². The van der Waals surface area contributed by atoms with Crippen molar-refractivity contribution in [3.8, 4) is 11.5 Å². The summed E-state index contributed by atoms with van der Waals surface area (Å²) in [5.41, 5.74) is 1.02. The van der Waals surface area contributed by atoms with Gasteiger partial charge in [0.05, 0.1) is 19.4 Å². The van der Waals surface area contributed by atoms with E-state index in [1.54, 1.807) is 31.2 Å². The van der Waals surface area contributed by atoms with Crippen molar-refractivity contribution in [1.82, 2.24) is 0 Å². The zero-order chi connectivity index (χ0) is 19.3. The summed E-state index contributed by atoms with van der Waals surface area (Å²) in [6, 6.07) is 8.19. The standard InChI is InChI=1S/C20H22O6/c1-12(2)11-25-15-7-5-14(6-8-15)16(10-18(22)24-4)20-19(23)17(21)9-13(3)26-20/h5-9,16,23H,1,10-11H2,2-4H3/t16-/m0/s1. The monoisotopic (exact) mass is 358 g/mol. The summed E-state index contributed by atoms with van der Waals surface area (Å²) in [7, 11) is 1.28. The molecule has 0 aliphatic carbocycles. The lowest BCUT2D eigenvalue weighted by atomic mass is 9.92. The molecule has 0 unspecified atom stereocenters. The van der Waals surface area contributed by atoms with E-state index in [2.05, 4.69) is 6.58 Å². The molecule has 138 valence electrons. The third kappa shape index (κ3) is 4.75. The summed E-state index contributed by atoms with van der Waals surface area (Å²) < 4.78 is 15.9. The lowest BCUT2D eigenvalue weighted by Crippen LogP contribution is -2.13. The van der Waals surface area contributed by atoms with Crippen LogP contribution in [0.1, 0.15) is 36.3 Å².